The van der Waals surface area contributed by atoms with Gasteiger partial charge in [0.05, 0.1) is 12.9 Å². The Morgan fingerprint density at radius 3 is 2.56 bits per heavy atom. The molecule has 2 aromatic heterocycles. The first kappa shape index (κ1) is 19.6. The molecule has 1 aliphatic rings. The van der Waals surface area contributed by atoms with E-state index in [0.29, 0.717) is 0 Å². The van der Waals surface area contributed by atoms with Gasteiger partial charge in [0, 0.05) is 6.42 Å². The minimum Gasteiger partial charge on any atom is -0.349 e. The van der Waals surface area contributed by atoms with Gasteiger partial charge < -0.3 is 4.74 Å². The summed E-state index contributed by atoms with van der Waals surface area (Å²) in [6.07, 6.45) is -2.98. The maximum atomic E-state index is 11.7. The van der Waals surface area contributed by atoms with Gasteiger partial charge in [0.25, 0.3) is 5.56 Å². The molecule has 1 fully saturated rings. The highest BCUT2D eigenvalue weighted by atomic mass is 32.3. The number of fused-ring (bicyclic) bond motifs is 1. The van der Waals surface area contributed by atoms with Crippen molar-refractivity contribution in [2.75, 3.05) is 6.61 Å². The van der Waals surface area contributed by atoms with Crippen LogP contribution in [0.25, 0.3) is 11.2 Å². The molecule has 0 unspecified atom stereocenters. The third-order valence-corrected chi connectivity index (χ3v) is 4.51. The summed E-state index contributed by atoms with van der Waals surface area (Å²) in [5.74, 6) is 0. The molecule has 0 radical (unpaired) electrons. The monoisotopic (exact) mass is 428 g/mol. The number of aromatic amines is 2. The van der Waals surface area contributed by atoms with E-state index in [1.807, 2.05) is 4.98 Å². The first-order valence-electron chi connectivity index (χ1n) is 7.05. The average molecular weight is 428 g/mol. The molecule has 1 saturated heterocycles. The Morgan fingerprint density at radius 1 is 1.22 bits per heavy atom. The van der Waals surface area contributed by atoms with Crippen molar-refractivity contribution in [2.24, 2.45) is 0 Å². The molecular formula is C10H12N4O11S2. The van der Waals surface area contributed by atoms with Crippen LogP contribution in [0, 0.1) is 0 Å². The van der Waals surface area contributed by atoms with Gasteiger partial charge in [-0.15, -0.1) is 0 Å². The molecule has 0 aromatic carbocycles. The number of nitrogens with zero attached hydrogens (tertiary/aromatic N) is 2. The SMILES string of the molecule is O=c1[nH]c(=O)c2ncn([C@H]3C[C@H](OS(=O)(=O)O)[C@@H](COS(=O)(=O)O)O3)c2[nH]1. The van der Waals surface area contributed by atoms with Gasteiger partial charge in [0.2, 0.25) is 0 Å². The first-order chi connectivity index (χ1) is 12.4. The zero-order valence-corrected chi connectivity index (χ0v) is 14.6. The molecule has 3 heterocycles. The molecular weight excluding hydrogens is 416 g/mol. The molecule has 0 saturated carbocycles. The van der Waals surface area contributed by atoms with Crippen molar-refractivity contribution in [1.82, 2.24) is 19.5 Å². The van der Waals surface area contributed by atoms with Crippen LogP contribution in [-0.2, 0) is 33.9 Å². The Bertz CT molecular complexity index is 1180. The summed E-state index contributed by atoms with van der Waals surface area (Å²) >= 11 is 0. The fourth-order valence-electron chi connectivity index (χ4n) is 2.60. The van der Waals surface area contributed by atoms with Gasteiger partial charge in [-0.25, -0.2) is 18.1 Å². The van der Waals surface area contributed by atoms with Gasteiger partial charge in [-0.1, -0.05) is 0 Å². The van der Waals surface area contributed by atoms with E-state index in [1.54, 1.807) is 0 Å². The van der Waals surface area contributed by atoms with Crippen molar-refractivity contribution >= 4 is 32.0 Å². The van der Waals surface area contributed by atoms with Crippen LogP contribution in [0.3, 0.4) is 0 Å². The van der Waals surface area contributed by atoms with Crippen molar-refractivity contribution in [3.05, 3.63) is 27.2 Å². The molecule has 2 aromatic rings. The molecule has 3 rings (SSSR count). The van der Waals surface area contributed by atoms with Crippen LogP contribution in [0.2, 0.25) is 0 Å². The fraction of sp³-hybridized carbons (Fsp3) is 0.500. The molecule has 0 bridgehead atoms. The first-order valence-corrected chi connectivity index (χ1v) is 9.78. The lowest BCUT2D eigenvalue weighted by Gasteiger charge is -2.16. The summed E-state index contributed by atoms with van der Waals surface area (Å²) in [4.78, 5) is 31.3. The second kappa shape index (κ2) is 6.78. The highest BCUT2D eigenvalue weighted by Crippen LogP contribution is 2.33. The van der Waals surface area contributed by atoms with Crippen LogP contribution < -0.4 is 11.2 Å². The molecule has 4 N–H and O–H groups in total. The van der Waals surface area contributed by atoms with E-state index in [9.17, 15) is 26.4 Å². The Kier molecular flexibility index (Phi) is 4.93. The van der Waals surface area contributed by atoms with Crippen LogP contribution in [0.4, 0.5) is 0 Å². The summed E-state index contributed by atoms with van der Waals surface area (Å²) in [6.45, 7) is -0.834. The molecule has 0 spiro atoms. The second-order valence-corrected chi connectivity index (χ2v) is 7.54. The number of ether oxygens (including phenoxy) is 1. The van der Waals surface area contributed by atoms with Gasteiger partial charge in [-0.2, -0.15) is 16.8 Å². The molecule has 0 amide bonds. The van der Waals surface area contributed by atoms with E-state index in [-0.39, 0.29) is 17.6 Å². The van der Waals surface area contributed by atoms with Gasteiger partial charge in [0.1, 0.15) is 24.1 Å². The van der Waals surface area contributed by atoms with Crippen LogP contribution >= 0.6 is 0 Å². The van der Waals surface area contributed by atoms with E-state index in [4.69, 9.17) is 13.8 Å². The lowest BCUT2D eigenvalue weighted by Crippen LogP contribution is -2.32. The highest BCUT2D eigenvalue weighted by Gasteiger charge is 2.41. The number of hydrogen-bond acceptors (Lipinski definition) is 10. The van der Waals surface area contributed by atoms with E-state index < -0.39 is 57.1 Å². The Balaban J connectivity index is 1.93. The van der Waals surface area contributed by atoms with Gasteiger partial charge in [-0.05, 0) is 0 Å². The summed E-state index contributed by atoms with van der Waals surface area (Å²) in [5.41, 5.74) is -1.79. The highest BCUT2D eigenvalue weighted by molar-refractivity contribution is 7.81. The van der Waals surface area contributed by atoms with Crippen molar-refractivity contribution in [3.63, 3.8) is 0 Å². The van der Waals surface area contributed by atoms with Crippen molar-refractivity contribution in [1.29, 1.82) is 0 Å². The van der Waals surface area contributed by atoms with E-state index in [2.05, 4.69) is 18.3 Å². The van der Waals surface area contributed by atoms with Crippen LogP contribution in [0.1, 0.15) is 12.6 Å². The zero-order chi connectivity index (χ0) is 20.0. The maximum absolute atomic E-state index is 11.7. The molecule has 0 aliphatic carbocycles. The maximum Gasteiger partial charge on any atom is 0.397 e. The molecule has 3 atom stereocenters. The summed E-state index contributed by atoms with van der Waals surface area (Å²) < 4.78 is 76.1. The summed E-state index contributed by atoms with van der Waals surface area (Å²) in [6, 6.07) is 0. The number of imidazole rings is 1. The molecule has 1 aliphatic heterocycles. The topological polar surface area (TPSA) is 220 Å². The molecule has 150 valence electrons. The number of rotatable bonds is 6. The van der Waals surface area contributed by atoms with Gasteiger partial charge >= 0.3 is 26.5 Å². The Morgan fingerprint density at radius 2 is 1.93 bits per heavy atom. The van der Waals surface area contributed by atoms with Crippen molar-refractivity contribution in [3.8, 4) is 0 Å². The number of H-pyrrole nitrogens is 2. The minimum atomic E-state index is -4.93. The van der Waals surface area contributed by atoms with Gasteiger partial charge in [-0.3, -0.25) is 28.4 Å². The second-order valence-electron chi connectivity index (χ2n) is 5.40. The van der Waals surface area contributed by atoms with Gasteiger partial charge in [0.15, 0.2) is 5.52 Å². The molecule has 15 nitrogen and oxygen atoms in total. The predicted octanol–water partition coefficient (Wildman–Crippen LogP) is -2.29. The third kappa shape index (κ3) is 4.58. The molecule has 17 heteroatoms. The average Bonchev–Trinajstić information content (AvgIpc) is 3.06. The third-order valence-electron chi connectivity index (χ3n) is 3.58. The normalized spacial score (nSPS) is 23.9. The minimum absolute atomic E-state index is 0.0456. The summed E-state index contributed by atoms with van der Waals surface area (Å²) in [5, 5.41) is 0. The number of aromatic nitrogens is 4. The zero-order valence-electron chi connectivity index (χ0n) is 13.0. The predicted molar refractivity (Wildman–Crippen MR) is 83.4 cm³/mol. The largest absolute Gasteiger partial charge is 0.397 e. The Hall–Kier alpha value is -2.15. The smallest absolute Gasteiger partial charge is 0.349 e. The van der Waals surface area contributed by atoms with E-state index in [0.717, 1.165) is 6.33 Å². The van der Waals surface area contributed by atoms with Crippen molar-refractivity contribution in [2.45, 2.75) is 24.9 Å². The van der Waals surface area contributed by atoms with Crippen molar-refractivity contribution < 1.29 is 39.0 Å². The Labute approximate surface area is 149 Å². The standard InChI is InChI=1S/C10H12N4O11S2/c15-9-7-8(12-10(16)13-9)14(3-11-7)6-1-4(25-27(20,21)22)5(24-6)2-23-26(17,18)19/h3-6H,1-2H2,(H,17,18,19)(H,20,21,22)(H2,12,13,15,16)/t4-,5+,6+/m0/s1. The van der Waals surface area contributed by atoms with E-state index in [1.165, 1.54) is 4.57 Å². The van der Waals surface area contributed by atoms with Crippen LogP contribution in [0.15, 0.2) is 15.9 Å². The fourth-order valence-corrected chi connectivity index (χ4v) is 3.42. The van der Waals surface area contributed by atoms with Crippen LogP contribution in [-0.4, -0.2) is 64.3 Å². The number of nitrogens with one attached hydrogen (secondary N) is 2. The van der Waals surface area contributed by atoms with E-state index >= 15 is 0 Å². The quantitative estimate of drug-likeness (QED) is 0.357. The number of hydrogen-bond donors (Lipinski definition) is 4. The van der Waals surface area contributed by atoms with Crippen LogP contribution in [0.5, 0.6) is 0 Å². The lowest BCUT2D eigenvalue weighted by molar-refractivity contribution is -0.0351. The summed E-state index contributed by atoms with van der Waals surface area (Å²) in [7, 11) is -9.78. The molecule has 27 heavy (non-hydrogen) atoms. The lowest BCUT2D eigenvalue weighted by atomic mass is 10.2.